The lowest BCUT2D eigenvalue weighted by molar-refractivity contribution is 0.0186. The molecule has 1 aliphatic rings. The summed E-state index contributed by atoms with van der Waals surface area (Å²) in [6.07, 6.45) is 2.20. The van der Waals surface area contributed by atoms with Crippen molar-refractivity contribution in [3.05, 3.63) is 0 Å². The molecule has 1 unspecified atom stereocenters. The Labute approximate surface area is 80.1 Å². The van der Waals surface area contributed by atoms with Crippen LogP contribution in [0.25, 0.3) is 0 Å². The topological polar surface area (TPSA) is 45.0 Å². The van der Waals surface area contributed by atoms with Crippen molar-refractivity contribution in [2.75, 3.05) is 19.7 Å². The third-order valence-corrected chi connectivity index (χ3v) is 2.40. The Morgan fingerprint density at radius 1 is 1.62 bits per heavy atom. The van der Waals surface area contributed by atoms with Gasteiger partial charge in [-0.05, 0) is 26.7 Å². The first-order valence-electron chi connectivity index (χ1n) is 4.88. The molecule has 1 N–H and O–H groups in total. The van der Waals surface area contributed by atoms with E-state index in [1.54, 1.807) is 0 Å². The molecule has 3 nitrogen and oxygen atoms in total. The van der Waals surface area contributed by atoms with Gasteiger partial charge >= 0.3 is 0 Å². The number of rotatable bonds is 3. The zero-order valence-corrected chi connectivity index (χ0v) is 8.47. The minimum Gasteiger partial charge on any atom is -0.376 e. The quantitative estimate of drug-likeness (QED) is 0.715. The van der Waals surface area contributed by atoms with Gasteiger partial charge in [-0.3, -0.25) is 0 Å². The molecule has 0 aromatic rings. The highest BCUT2D eigenvalue weighted by Gasteiger charge is 2.20. The van der Waals surface area contributed by atoms with Crippen molar-refractivity contribution in [2.45, 2.75) is 32.8 Å². The van der Waals surface area contributed by atoms with Crippen LogP contribution in [0.2, 0.25) is 0 Å². The van der Waals surface area contributed by atoms with E-state index in [0.717, 1.165) is 32.5 Å². The molecule has 0 aliphatic carbocycles. The van der Waals surface area contributed by atoms with Crippen LogP contribution in [0, 0.1) is 16.7 Å². The van der Waals surface area contributed by atoms with Gasteiger partial charge in [-0.25, -0.2) is 0 Å². The van der Waals surface area contributed by atoms with E-state index in [4.69, 9.17) is 10.00 Å². The number of nitrogens with zero attached hydrogens (tertiary/aromatic N) is 1. The van der Waals surface area contributed by atoms with E-state index in [2.05, 4.69) is 11.4 Å². The highest BCUT2D eigenvalue weighted by Crippen LogP contribution is 2.22. The summed E-state index contributed by atoms with van der Waals surface area (Å²) in [5.74, 6) is 0. The molecule has 0 saturated carbocycles. The summed E-state index contributed by atoms with van der Waals surface area (Å²) in [6, 6.07) is 2.30. The van der Waals surface area contributed by atoms with Crippen molar-refractivity contribution in [2.24, 2.45) is 5.41 Å². The lowest BCUT2D eigenvalue weighted by Crippen LogP contribution is -2.38. The van der Waals surface area contributed by atoms with E-state index in [1.165, 1.54) is 0 Å². The first-order valence-corrected chi connectivity index (χ1v) is 4.88. The first-order chi connectivity index (χ1) is 6.14. The molecular formula is C10H18N2O. The molecule has 1 atom stereocenters. The van der Waals surface area contributed by atoms with Crippen LogP contribution >= 0.6 is 0 Å². The SMILES string of the molecule is CC(C)(C#N)CCC1CNCCO1. The third kappa shape index (κ3) is 3.75. The van der Waals surface area contributed by atoms with E-state index in [9.17, 15) is 0 Å². The molecule has 1 saturated heterocycles. The molecule has 3 heteroatoms. The van der Waals surface area contributed by atoms with Gasteiger partial charge in [-0.15, -0.1) is 0 Å². The summed E-state index contributed by atoms with van der Waals surface area (Å²) in [6.45, 7) is 6.64. The number of hydrogen-bond acceptors (Lipinski definition) is 3. The zero-order chi connectivity index (χ0) is 9.73. The van der Waals surface area contributed by atoms with Crippen molar-refractivity contribution in [3.8, 4) is 6.07 Å². The number of nitrogens with one attached hydrogen (secondary N) is 1. The van der Waals surface area contributed by atoms with Gasteiger partial charge in [-0.1, -0.05) is 0 Å². The summed E-state index contributed by atoms with van der Waals surface area (Å²) in [5.41, 5.74) is -0.208. The Morgan fingerprint density at radius 2 is 2.38 bits per heavy atom. The van der Waals surface area contributed by atoms with Gasteiger partial charge in [0.1, 0.15) is 0 Å². The van der Waals surface area contributed by atoms with Gasteiger partial charge in [0.05, 0.1) is 24.2 Å². The normalized spacial score (nSPS) is 23.9. The maximum atomic E-state index is 8.82. The lowest BCUT2D eigenvalue weighted by atomic mass is 9.88. The molecule has 1 rings (SSSR count). The predicted octanol–water partition coefficient (Wildman–Crippen LogP) is 1.30. The van der Waals surface area contributed by atoms with E-state index >= 15 is 0 Å². The average Bonchev–Trinajstić information content (AvgIpc) is 2.17. The largest absolute Gasteiger partial charge is 0.376 e. The van der Waals surface area contributed by atoms with Crippen LogP contribution in [0.5, 0.6) is 0 Å². The monoisotopic (exact) mass is 182 g/mol. The molecular weight excluding hydrogens is 164 g/mol. The molecule has 0 spiro atoms. The summed E-state index contributed by atoms with van der Waals surface area (Å²) in [4.78, 5) is 0. The van der Waals surface area contributed by atoms with Crippen LogP contribution in [0.3, 0.4) is 0 Å². The molecule has 1 heterocycles. The van der Waals surface area contributed by atoms with Crippen molar-refractivity contribution in [1.82, 2.24) is 5.32 Å². The highest BCUT2D eigenvalue weighted by molar-refractivity contribution is 4.92. The van der Waals surface area contributed by atoms with Gasteiger partial charge in [-0.2, -0.15) is 5.26 Å². The van der Waals surface area contributed by atoms with Crippen molar-refractivity contribution in [1.29, 1.82) is 5.26 Å². The maximum absolute atomic E-state index is 8.82. The number of ether oxygens (including phenoxy) is 1. The molecule has 0 amide bonds. The summed E-state index contributed by atoms with van der Waals surface area (Å²) >= 11 is 0. The Hall–Kier alpha value is -0.590. The van der Waals surface area contributed by atoms with Crippen LogP contribution in [0.4, 0.5) is 0 Å². The van der Waals surface area contributed by atoms with Crippen LogP contribution in [-0.2, 0) is 4.74 Å². The molecule has 0 radical (unpaired) electrons. The highest BCUT2D eigenvalue weighted by atomic mass is 16.5. The molecule has 0 bridgehead atoms. The third-order valence-electron chi connectivity index (χ3n) is 2.40. The second kappa shape index (κ2) is 4.59. The Bertz CT molecular complexity index is 190. The molecule has 1 aliphatic heterocycles. The van der Waals surface area contributed by atoms with Crippen molar-refractivity contribution >= 4 is 0 Å². The van der Waals surface area contributed by atoms with Gasteiger partial charge in [0.2, 0.25) is 0 Å². The van der Waals surface area contributed by atoms with Gasteiger partial charge in [0.15, 0.2) is 0 Å². The molecule has 74 valence electrons. The van der Waals surface area contributed by atoms with Crippen LogP contribution in [0.15, 0.2) is 0 Å². The van der Waals surface area contributed by atoms with Crippen LogP contribution in [-0.4, -0.2) is 25.8 Å². The van der Waals surface area contributed by atoms with Crippen molar-refractivity contribution < 1.29 is 4.74 Å². The minimum absolute atomic E-state index is 0.208. The second-order valence-electron chi connectivity index (χ2n) is 4.23. The van der Waals surface area contributed by atoms with Crippen LogP contribution in [0.1, 0.15) is 26.7 Å². The molecule has 0 aromatic carbocycles. The van der Waals surface area contributed by atoms with Crippen LogP contribution < -0.4 is 5.32 Å². The maximum Gasteiger partial charge on any atom is 0.0700 e. The molecule has 13 heavy (non-hydrogen) atoms. The fraction of sp³-hybridized carbons (Fsp3) is 0.900. The van der Waals surface area contributed by atoms with E-state index in [0.29, 0.717) is 6.10 Å². The fourth-order valence-corrected chi connectivity index (χ4v) is 1.38. The number of morpholine rings is 1. The second-order valence-corrected chi connectivity index (χ2v) is 4.23. The summed E-state index contributed by atoms with van der Waals surface area (Å²) < 4.78 is 5.55. The Balaban J connectivity index is 2.22. The number of hydrogen-bond donors (Lipinski definition) is 1. The zero-order valence-electron chi connectivity index (χ0n) is 8.47. The average molecular weight is 182 g/mol. The van der Waals surface area contributed by atoms with E-state index < -0.39 is 0 Å². The Morgan fingerprint density at radius 3 is 2.92 bits per heavy atom. The number of nitriles is 1. The van der Waals surface area contributed by atoms with Gasteiger partial charge in [0.25, 0.3) is 0 Å². The fourth-order valence-electron chi connectivity index (χ4n) is 1.38. The standard InChI is InChI=1S/C10H18N2O/c1-10(2,8-11)4-3-9-7-12-5-6-13-9/h9,12H,3-7H2,1-2H3. The smallest absolute Gasteiger partial charge is 0.0700 e. The lowest BCUT2D eigenvalue weighted by Gasteiger charge is -2.25. The van der Waals surface area contributed by atoms with Gasteiger partial charge in [0, 0.05) is 13.1 Å². The molecule has 1 fully saturated rings. The van der Waals surface area contributed by atoms with Crippen molar-refractivity contribution in [3.63, 3.8) is 0 Å². The van der Waals surface area contributed by atoms with E-state index in [1.807, 2.05) is 13.8 Å². The van der Waals surface area contributed by atoms with Gasteiger partial charge < -0.3 is 10.1 Å². The summed E-state index contributed by atoms with van der Waals surface area (Å²) in [5, 5.41) is 12.1. The predicted molar refractivity (Wildman–Crippen MR) is 51.2 cm³/mol. The summed E-state index contributed by atoms with van der Waals surface area (Å²) in [7, 11) is 0. The first kappa shape index (κ1) is 10.5. The Kier molecular flexibility index (Phi) is 3.71. The minimum atomic E-state index is -0.208. The molecule has 0 aromatic heterocycles. The van der Waals surface area contributed by atoms with E-state index in [-0.39, 0.29) is 5.41 Å².